The number of nitrogens with one attached hydrogen (secondary N) is 2. The summed E-state index contributed by atoms with van der Waals surface area (Å²) in [5.41, 5.74) is 3.82. The van der Waals surface area contributed by atoms with Crippen LogP contribution in [0.2, 0.25) is 0 Å². The van der Waals surface area contributed by atoms with Crippen molar-refractivity contribution in [2.24, 2.45) is 13.0 Å². The second-order valence-electron chi connectivity index (χ2n) is 19.6. The molecule has 1 amide bonds. The number of fused-ring (bicyclic) bond motifs is 5. The molecule has 5 aromatic heterocycles. The second-order valence-corrected chi connectivity index (χ2v) is 19.6. The highest BCUT2D eigenvalue weighted by atomic mass is 19.1. The van der Waals surface area contributed by atoms with E-state index >= 15 is 13.6 Å². The number of aromatic amines is 1. The Labute approximate surface area is 381 Å². The molecule has 4 aliphatic rings. The highest BCUT2D eigenvalue weighted by Gasteiger charge is 2.60. The van der Waals surface area contributed by atoms with Crippen molar-refractivity contribution < 1.29 is 22.8 Å². The second kappa shape index (κ2) is 14.3. The minimum atomic E-state index is -0.874. The van der Waals surface area contributed by atoms with Gasteiger partial charge in [0.25, 0.3) is 5.91 Å². The molecule has 8 heterocycles. The number of aryl methyl sites for hydroxylation is 3. The fraction of sp³-hybridized carbons (Fsp3) is 0.388. The van der Waals surface area contributed by atoms with Crippen molar-refractivity contribution in [1.29, 1.82) is 0 Å². The molecule has 2 unspecified atom stereocenters. The molecule has 1 aliphatic carbocycles. The van der Waals surface area contributed by atoms with Crippen molar-refractivity contribution in [3.63, 3.8) is 0 Å². The highest BCUT2D eigenvalue weighted by molar-refractivity contribution is 6.00. The maximum atomic E-state index is 16.2. The minimum Gasteiger partial charge on any atom is -0.376 e. The van der Waals surface area contributed by atoms with Crippen molar-refractivity contribution in [1.82, 2.24) is 53.6 Å². The number of halogens is 2. The predicted molar refractivity (Wildman–Crippen MR) is 243 cm³/mol. The maximum absolute atomic E-state index is 16.2. The van der Waals surface area contributed by atoms with Gasteiger partial charge in [-0.05, 0) is 125 Å². The average molecular weight is 910 g/mol. The summed E-state index contributed by atoms with van der Waals surface area (Å²) in [6, 6.07) is 13.5. The topological polar surface area (TPSA) is 168 Å². The van der Waals surface area contributed by atoms with Gasteiger partial charge in [0.1, 0.15) is 22.9 Å². The van der Waals surface area contributed by atoms with Gasteiger partial charge in [0.15, 0.2) is 11.6 Å². The predicted octanol–water partition coefficient (Wildman–Crippen LogP) is 6.91. The zero-order valence-electron chi connectivity index (χ0n) is 38.1. The van der Waals surface area contributed by atoms with E-state index in [1.54, 1.807) is 60.7 Å². The number of aromatic nitrogens is 9. The molecule has 6 atom stereocenters. The van der Waals surface area contributed by atoms with Crippen LogP contribution in [0.1, 0.15) is 109 Å². The lowest BCUT2D eigenvalue weighted by molar-refractivity contribution is -0.0592. The van der Waals surface area contributed by atoms with Crippen molar-refractivity contribution in [2.75, 3.05) is 13.2 Å². The first kappa shape index (κ1) is 41.5. The summed E-state index contributed by atoms with van der Waals surface area (Å²) in [6.45, 7) is 12.7. The molecule has 3 aliphatic heterocycles. The SMILES string of the molecule is Cc1cc(-n2nc3c(c2-n2ccn(-c4ccc5c(cnn5C)c4F)c2=O)[C@H](C)N(C(=O)c2cc4cc([C@H]5CCOC(C)(C)C5)ccc4n2[C@@]2(c4noc(=O)[nH]4)C[C@@H]2C)C2CNC32)cc(C)c1F. The maximum Gasteiger partial charge on any atom is 0.438 e. The van der Waals surface area contributed by atoms with E-state index in [0.29, 0.717) is 70.5 Å². The Morgan fingerprint density at radius 2 is 1.69 bits per heavy atom. The number of ether oxygens (including phenoxy) is 1. The lowest BCUT2D eigenvalue weighted by Gasteiger charge is -2.51. The Kier molecular flexibility index (Phi) is 8.85. The van der Waals surface area contributed by atoms with E-state index in [1.807, 2.05) is 22.5 Å². The number of imidazole rings is 1. The number of carbonyl (C=O) groups excluding carboxylic acids is 1. The first-order valence-corrected chi connectivity index (χ1v) is 22.8. The van der Waals surface area contributed by atoms with E-state index in [4.69, 9.17) is 14.4 Å². The van der Waals surface area contributed by atoms with Gasteiger partial charge in [-0.15, -0.1) is 0 Å². The van der Waals surface area contributed by atoms with Crippen LogP contribution < -0.4 is 16.8 Å². The molecule has 1 saturated carbocycles. The molecule has 3 aromatic carbocycles. The highest BCUT2D eigenvalue weighted by Crippen LogP contribution is 2.56. The normalized spacial score (nSPS) is 24.3. The van der Waals surface area contributed by atoms with Crippen LogP contribution in [0.5, 0.6) is 0 Å². The number of benzene rings is 3. The molecular formula is C49H49F2N11O5. The van der Waals surface area contributed by atoms with Crippen LogP contribution in [-0.2, 0) is 17.3 Å². The summed E-state index contributed by atoms with van der Waals surface area (Å²) in [5, 5.41) is 18.3. The third-order valence-corrected chi connectivity index (χ3v) is 15.1. The van der Waals surface area contributed by atoms with Crippen LogP contribution in [0.15, 0.2) is 81.2 Å². The Bertz CT molecular complexity index is 3490. The minimum absolute atomic E-state index is 0.0121. The Morgan fingerprint density at radius 1 is 0.940 bits per heavy atom. The van der Waals surface area contributed by atoms with Gasteiger partial charge < -0.3 is 19.5 Å². The number of hydrogen-bond acceptors (Lipinski definition) is 9. The number of hydrogen-bond donors (Lipinski definition) is 2. The number of nitrogens with zero attached hydrogens (tertiary/aromatic N) is 9. The van der Waals surface area contributed by atoms with Crippen LogP contribution >= 0.6 is 0 Å². The molecule has 12 rings (SSSR count). The van der Waals surface area contributed by atoms with E-state index in [9.17, 15) is 9.59 Å². The first-order chi connectivity index (χ1) is 32.1. The van der Waals surface area contributed by atoms with Crippen LogP contribution in [-0.4, -0.2) is 79.0 Å². The zero-order valence-corrected chi connectivity index (χ0v) is 38.1. The molecule has 8 aromatic rings. The van der Waals surface area contributed by atoms with Gasteiger partial charge in [-0.1, -0.05) is 18.1 Å². The van der Waals surface area contributed by atoms with Gasteiger partial charge in [0.05, 0.1) is 57.9 Å². The fourth-order valence-electron chi connectivity index (χ4n) is 11.5. The Hall–Kier alpha value is -6.92. The van der Waals surface area contributed by atoms with Gasteiger partial charge in [-0.25, -0.2) is 23.1 Å². The molecule has 2 N–H and O–H groups in total. The van der Waals surface area contributed by atoms with Crippen LogP contribution in [0.3, 0.4) is 0 Å². The number of carbonyl (C=O) groups is 1. The monoisotopic (exact) mass is 909 g/mol. The van der Waals surface area contributed by atoms with Crippen molar-refractivity contribution in [3.05, 3.63) is 139 Å². The summed E-state index contributed by atoms with van der Waals surface area (Å²) in [4.78, 5) is 47.9. The molecule has 67 heavy (non-hydrogen) atoms. The summed E-state index contributed by atoms with van der Waals surface area (Å²) in [6.07, 6.45) is 6.83. The van der Waals surface area contributed by atoms with Gasteiger partial charge >= 0.3 is 11.4 Å². The Morgan fingerprint density at radius 3 is 2.37 bits per heavy atom. The molecule has 0 bridgehead atoms. The van der Waals surface area contributed by atoms with E-state index in [0.717, 1.165) is 29.3 Å². The molecule has 18 heteroatoms. The Balaban J connectivity index is 1.03. The van der Waals surface area contributed by atoms with E-state index in [-0.39, 0.29) is 46.3 Å². The smallest absolute Gasteiger partial charge is 0.376 e. The summed E-state index contributed by atoms with van der Waals surface area (Å²) in [7, 11) is 1.72. The van der Waals surface area contributed by atoms with Crippen LogP contribution in [0, 0.1) is 31.4 Å². The first-order valence-electron chi connectivity index (χ1n) is 22.8. The third-order valence-electron chi connectivity index (χ3n) is 15.1. The van der Waals surface area contributed by atoms with E-state index in [2.05, 4.69) is 59.5 Å². The quantitative estimate of drug-likeness (QED) is 0.173. The molecule has 0 radical (unpaired) electrons. The number of H-pyrrole nitrogens is 1. The van der Waals surface area contributed by atoms with Crippen molar-refractivity contribution in [3.8, 4) is 17.2 Å². The van der Waals surface area contributed by atoms with E-state index in [1.165, 1.54) is 21.5 Å². The van der Waals surface area contributed by atoms with Crippen LogP contribution in [0.25, 0.3) is 39.0 Å². The third kappa shape index (κ3) is 5.94. The molecule has 344 valence electrons. The van der Waals surface area contributed by atoms with Gasteiger partial charge in [-0.2, -0.15) is 10.2 Å². The average Bonchev–Trinajstić information content (AvgIpc) is 3.91. The summed E-state index contributed by atoms with van der Waals surface area (Å²) < 4.78 is 50.5. The van der Waals surface area contributed by atoms with Gasteiger partial charge in [0, 0.05) is 49.1 Å². The number of amides is 1. The molecule has 0 spiro atoms. The fourth-order valence-corrected chi connectivity index (χ4v) is 11.5. The number of rotatable bonds is 7. The summed E-state index contributed by atoms with van der Waals surface area (Å²) >= 11 is 0. The summed E-state index contributed by atoms with van der Waals surface area (Å²) in [5.74, 6) is -0.960. The molecular weight excluding hydrogens is 861 g/mol. The van der Waals surface area contributed by atoms with Gasteiger partial charge in [0.2, 0.25) is 0 Å². The molecule has 2 saturated heterocycles. The van der Waals surface area contributed by atoms with E-state index < -0.39 is 34.9 Å². The zero-order chi connectivity index (χ0) is 46.6. The van der Waals surface area contributed by atoms with Crippen molar-refractivity contribution >= 4 is 27.7 Å². The van der Waals surface area contributed by atoms with Gasteiger partial charge in [-0.3, -0.25) is 28.1 Å². The standard InChI is InChI=1S/C49H49F2N11O5/c1-24-16-31(17-25(2)39(24)50)62-43(59-14-13-58(47(59)65)35-11-10-34-32(40(35)51)22-53-57(34)7)38-27(4)60(37-23-52-41(37)42(38)55-62)44(63)36-19-30-18-28(29-12-15-66-48(5,6)21-29)8-9-33(30)61(36)49(20-26(49)3)45-54-46(64)67-56-45/h8-11,13-14,16-19,22,26-27,29,37,41,52H,12,15,20-21,23H2,1-7H3,(H,54,56,64)/t26-,27-,29-,37?,41?,49-/m0/s1. The van der Waals surface area contributed by atoms with Crippen LogP contribution in [0.4, 0.5) is 8.78 Å². The van der Waals surface area contributed by atoms with Crippen molar-refractivity contribution in [2.45, 2.75) is 96.0 Å². The lowest BCUT2D eigenvalue weighted by atomic mass is 9.83. The largest absolute Gasteiger partial charge is 0.438 e. The molecule has 3 fully saturated rings. The molecule has 16 nitrogen and oxygen atoms in total. The lowest BCUT2D eigenvalue weighted by Crippen LogP contribution is -2.64.